The van der Waals surface area contributed by atoms with Gasteiger partial charge in [0.2, 0.25) is 0 Å². The Hall–Kier alpha value is -1.84. The predicted molar refractivity (Wildman–Crippen MR) is 68.6 cm³/mol. The molecular weight excluding hydrogens is 228 g/mol. The normalized spacial score (nSPS) is 16.0. The number of ether oxygens (including phenoxy) is 1. The molecule has 0 aromatic heterocycles. The molecule has 1 aromatic carbocycles. The fraction of sp³-hybridized carbons (Fsp3) is 0.429. The van der Waals surface area contributed by atoms with Crippen LogP contribution in [0.3, 0.4) is 0 Å². The monoisotopic (exact) mass is 245 g/mol. The largest absolute Gasteiger partial charge is 0.446 e. The van der Waals surface area contributed by atoms with E-state index in [-0.39, 0.29) is 11.9 Å². The molecule has 1 radical (unpaired) electrons. The van der Waals surface area contributed by atoms with E-state index in [2.05, 4.69) is 11.4 Å². The molecule has 2 N–H and O–H groups in total. The third kappa shape index (κ3) is 3.58. The van der Waals surface area contributed by atoms with E-state index in [4.69, 9.17) is 10.1 Å². The van der Waals surface area contributed by atoms with Gasteiger partial charge in [0.05, 0.1) is 0 Å². The summed E-state index contributed by atoms with van der Waals surface area (Å²) in [6, 6.07) is 9.73. The van der Waals surface area contributed by atoms with Gasteiger partial charge in [0.15, 0.2) is 0 Å². The smallest absolute Gasteiger partial charge is 0.413 e. The molecule has 0 aliphatic heterocycles. The first-order valence-electron chi connectivity index (χ1n) is 6.28. The van der Waals surface area contributed by atoms with E-state index >= 15 is 0 Å². The van der Waals surface area contributed by atoms with E-state index in [1.165, 1.54) is 6.42 Å². The van der Waals surface area contributed by atoms with Crippen molar-refractivity contribution in [1.29, 1.82) is 5.41 Å². The first-order chi connectivity index (χ1) is 8.75. The molecule has 18 heavy (non-hydrogen) atoms. The van der Waals surface area contributed by atoms with Gasteiger partial charge in [-0.15, -0.1) is 0 Å². The minimum absolute atomic E-state index is 0.00987. The number of hydrogen-bond donors (Lipinski definition) is 2. The van der Waals surface area contributed by atoms with Crippen molar-refractivity contribution in [2.75, 3.05) is 0 Å². The van der Waals surface area contributed by atoms with Crippen molar-refractivity contribution in [3.8, 4) is 0 Å². The molecule has 95 valence electrons. The average molecular weight is 245 g/mol. The Morgan fingerprint density at radius 1 is 1.28 bits per heavy atom. The van der Waals surface area contributed by atoms with Crippen molar-refractivity contribution in [2.24, 2.45) is 0 Å². The highest BCUT2D eigenvalue weighted by molar-refractivity contribution is 6.04. The number of alkyl carbamates (subject to hydrolysis) is 1. The fourth-order valence-electron chi connectivity index (χ4n) is 2.09. The molecule has 0 bridgehead atoms. The number of rotatable bonds is 2. The molecule has 4 heteroatoms. The van der Waals surface area contributed by atoms with Crippen LogP contribution in [0.5, 0.6) is 0 Å². The van der Waals surface area contributed by atoms with E-state index < -0.39 is 6.09 Å². The molecule has 0 saturated heterocycles. The van der Waals surface area contributed by atoms with Crippen LogP contribution in [0.15, 0.2) is 24.3 Å². The van der Waals surface area contributed by atoms with Crippen LogP contribution in [-0.2, 0) is 4.74 Å². The second-order valence-corrected chi connectivity index (χ2v) is 4.45. The first-order valence-corrected chi connectivity index (χ1v) is 6.28. The van der Waals surface area contributed by atoms with E-state index in [9.17, 15) is 4.79 Å². The summed E-state index contributed by atoms with van der Waals surface area (Å²) in [5.41, 5.74) is 0.648. The van der Waals surface area contributed by atoms with E-state index in [0.29, 0.717) is 5.56 Å². The summed E-state index contributed by atoms with van der Waals surface area (Å²) in [7, 11) is 0. The molecule has 2 rings (SSSR count). The topological polar surface area (TPSA) is 62.2 Å². The zero-order chi connectivity index (χ0) is 12.8. The molecule has 0 unspecified atom stereocenters. The highest BCUT2D eigenvalue weighted by Gasteiger charge is 2.18. The minimum Gasteiger partial charge on any atom is -0.446 e. The second kappa shape index (κ2) is 6.19. The SMILES string of the molecule is N=C(NC(=O)OC1CCCCC1)c1cc[c]cc1. The standard InChI is InChI=1S/C14H17N2O2/c15-13(11-7-3-1-4-8-11)16-14(17)18-12-9-5-2-6-10-12/h3-4,7-8,12H,2,5-6,9-10H2,(H2,15,16,17). The van der Waals surface area contributed by atoms with Gasteiger partial charge in [-0.1, -0.05) is 30.7 Å². The number of benzene rings is 1. The van der Waals surface area contributed by atoms with Gasteiger partial charge in [-0.05, 0) is 31.7 Å². The Morgan fingerprint density at radius 2 is 1.94 bits per heavy atom. The quantitative estimate of drug-likeness (QED) is 0.621. The Kier molecular flexibility index (Phi) is 4.34. The Morgan fingerprint density at radius 3 is 2.61 bits per heavy atom. The summed E-state index contributed by atoms with van der Waals surface area (Å²) in [4.78, 5) is 11.6. The number of hydrogen-bond acceptors (Lipinski definition) is 3. The number of carbonyl (C=O) groups excluding carboxylic acids is 1. The number of amides is 1. The average Bonchev–Trinajstić information content (AvgIpc) is 2.40. The maximum atomic E-state index is 11.6. The first kappa shape index (κ1) is 12.6. The molecule has 1 amide bonds. The lowest BCUT2D eigenvalue weighted by atomic mass is 9.98. The lowest BCUT2D eigenvalue weighted by Crippen LogP contribution is -2.34. The predicted octanol–water partition coefficient (Wildman–Crippen LogP) is 2.87. The molecule has 4 nitrogen and oxygen atoms in total. The van der Waals surface area contributed by atoms with Crippen LogP contribution in [-0.4, -0.2) is 18.0 Å². The van der Waals surface area contributed by atoms with Gasteiger partial charge in [-0.2, -0.15) is 0 Å². The van der Waals surface area contributed by atoms with Crippen LogP contribution in [0.1, 0.15) is 37.7 Å². The van der Waals surface area contributed by atoms with Crippen molar-refractivity contribution >= 4 is 11.9 Å². The molecule has 1 aliphatic rings. The maximum absolute atomic E-state index is 11.6. The Labute approximate surface area is 107 Å². The number of amidine groups is 1. The number of carbonyl (C=O) groups is 1. The molecule has 1 aliphatic carbocycles. The van der Waals surface area contributed by atoms with Crippen LogP contribution in [0, 0.1) is 11.5 Å². The second-order valence-electron chi connectivity index (χ2n) is 4.45. The minimum atomic E-state index is -0.528. The summed E-state index contributed by atoms with van der Waals surface area (Å²) in [5, 5.41) is 10.2. The van der Waals surface area contributed by atoms with Crippen LogP contribution in [0.4, 0.5) is 4.79 Å². The summed E-state index contributed by atoms with van der Waals surface area (Å²) in [6.45, 7) is 0. The summed E-state index contributed by atoms with van der Waals surface area (Å²) in [6.07, 6.45) is 4.80. The van der Waals surface area contributed by atoms with Gasteiger partial charge in [-0.25, -0.2) is 4.79 Å². The third-order valence-corrected chi connectivity index (χ3v) is 3.06. The van der Waals surface area contributed by atoms with Crippen molar-refractivity contribution in [2.45, 2.75) is 38.2 Å². The third-order valence-electron chi connectivity index (χ3n) is 3.06. The molecule has 1 fully saturated rings. The molecule has 0 spiro atoms. The van der Waals surface area contributed by atoms with Crippen molar-refractivity contribution in [3.05, 3.63) is 35.9 Å². The maximum Gasteiger partial charge on any atom is 0.413 e. The van der Waals surface area contributed by atoms with Crippen LogP contribution >= 0.6 is 0 Å². The van der Waals surface area contributed by atoms with Gasteiger partial charge in [0.25, 0.3) is 0 Å². The van der Waals surface area contributed by atoms with Gasteiger partial charge >= 0.3 is 6.09 Å². The fourth-order valence-corrected chi connectivity index (χ4v) is 2.09. The Bertz CT molecular complexity index is 411. The van der Waals surface area contributed by atoms with Crippen molar-refractivity contribution in [1.82, 2.24) is 5.32 Å². The van der Waals surface area contributed by atoms with Gasteiger partial charge < -0.3 is 4.74 Å². The van der Waals surface area contributed by atoms with Gasteiger partial charge in [0.1, 0.15) is 11.9 Å². The van der Waals surface area contributed by atoms with Crippen LogP contribution < -0.4 is 5.32 Å². The summed E-state index contributed by atoms with van der Waals surface area (Å²) >= 11 is 0. The van der Waals surface area contributed by atoms with Gasteiger partial charge in [-0.3, -0.25) is 10.7 Å². The molecule has 1 saturated carbocycles. The lowest BCUT2D eigenvalue weighted by Gasteiger charge is -2.21. The molecule has 1 aromatic rings. The van der Waals surface area contributed by atoms with Crippen LogP contribution in [0.2, 0.25) is 0 Å². The van der Waals surface area contributed by atoms with Crippen molar-refractivity contribution in [3.63, 3.8) is 0 Å². The molecular formula is C14H17N2O2. The highest BCUT2D eigenvalue weighted by Crippen LogP contribution is 2.20. The zero-order valence-corrected chi connectivity index (χ0v) is 10.2. The van der Waals surface area contributed by atoms with Crippen molar-refractivity contribution < 1.29 is 9.53 Å². The number of nitrogens with one attached hydrogen (secondary N) is 2. The van der Waals surface area contributed by atoms with E-state index in [1.807, 2.05) is 0 Å². The van der Waals surface area contributed by atoms with E-state index in [1.54, 1.807) is 24.3 Å². The molecule has 0 atom stereocenters. The summed E-state index contributed by atoms with van der Waals surface area (Å²) < 4.78 is 5.28. The van der Waals surface area contributed by atoms with Crippen LogP contribution in [0.25, 0.3) is 0 Å². The summed E-state index contributed by atoms with van der Waals surface area (Å²) in [5.74, 6) is 0.0600. The zero-order valence-electron chi connectivity index (χ0n) is 10.2. The van der Waals surface area contributed by atoms with E-state index in [0.717, 1.165) is 25.7 Å². The molecule has 0 heterocycles. The highest BCUT2D eigenvalue weighted by atomic mass is 16.6. The Balaban J connectivity index is 1.82. The lowest BCUT2D eigenvalue weighted by molar-refractivity contribution is 0.0791. The van der Waals surface area contributed by atoms with Gasteiger partial charge in [0, 0.05) is 5.56 Å².